The molecule has 2 rings (SSSR count). The van der Waals surface area contributed by atoms with Gasteiger partial charge < -0.3 is 10.6 Å². The molecule has 1 aliphatic rings. The molecule has 1 aromatic rings. The number of pyridine rings is 1. The number of carbonyl (C=O) groups excluding carboxylic acids is 2. The number of hydrogen-bond donors (Lipinski definition) is 1. The van der Waals surface area contributed by atoms with Crippen LogP contribution in [-0.2, 0) is 9.59 Å². The van der Waals surface area contributed by atoms with Crippen LogP contribution < -0.4 is 10.6 Å². The number of thioether (sulfide) groups is 1. The standard InChI is InChI=1S/C11H11Cl2N3O2S/c1-5(17)19-6-2-9(18)16(4-6)10-7(14)3-8(12)15-11(10)13/h3,6H,2,4H2,1H3,(H2,14,15). The molecule has 19 heavy (non-hydrogen) atoms. The quantitative estimate of drug-likeness (QED) is 0.847. The number of carbonyl (C=O) groups is 2. The van der Waals surface area contributed by atoms with Gasteiger partial charge in [0, 0.05) is 31.2 Å². The first-order valence-electron chi connectivity index (χ1n) is 5.47. The first-order chi connectivity index (χ1) is 8.88. The van der Waals surface area contributed by atoms with Crippen LogP contribution in [0, 0.1) is 0 Å². The van der Waals surface area contributed by atoms with Gasteiger partial charge in [-0.2, -0.15) is 0 Å². The van der Waals surface area contributed by atoms with Gasteiger partial charge in [0.2, 0.25) is 5.91 Å². The molecule has 0 radical (unpaired) electrons. The highest BCUT2D eigenvalue weighted by Crippen LogP contribution is 2.37. The fourth-order valence-electron chi connectivity index (χ4n) is 1.97. The highest BCUT2D eigenvalue weighted by molar-refractivity contribution is 8.14. The van der Waals surface area contributed by atoms with E-state index in [1.807, 2.05) is 0 Å². The van der Waals surface area contributed by atoms with Crippen molar-refractivity contribution in [1.82, 2.24) is 4.98 Å². The normalized spacial score (nSPS) is 19.0. The summed E-state index contributed by atoms with van der Waals surface area (Å²) in [6, 6.07) is 1.45. The minimum Gasteiger partial charge on any atom is -0.397 e. The van der Waals surface area contributed by atoms with Gasteiger partial charge in [0.25, 0.3) is 0 Å². The molecule has 2 heterocycles. The molecular weight excluding hydrogens is 309 g/mol. The Balaban J connectivity index is 2.28. The van der Waals surface area contributed by atoms with E-state index in [1.54, 1.807) is 0 Å². The van der Waals surface area contributed by atoms with Crippen molar-refractivity contribution in [3.63, 3.8) is 0 Å². The maximum atomic E-state index is 12.0. The van der Waals surface area contributed by atoms with Crippen molar-refractivity contribution in [3.8, 4) is 0 Å². The number of nitrogen functional groups attached to an aromatic ring is 1. The number of halogens is 2. The molecule has 0 spiro atoms. The average molecular weight is 320 g/mol. The van der Waals surface area contributed by atoms with Crippen LogP contribution in [0.15, 0.2) is 6.07 Å². The van der Waals surface area contributed by atoms with E-state index in [0.29, 0.717) is 17.9 Å². The van der Waals surface area contributed by atoms with Gasteiger partial charge in [-0.15, -0.1) is 0 Å². The summed E-state index contributed by atoms with van der Waals surface area (Å²) in [5.41, 5.74) is 6.50. The first kappa shape index (κ1) is 14.4. The van der Waals surface area contributed by atoms with Crippen LogP contribution in [0.3, 0.4) is 0 Å². The summed E-state index contributed by atoms with van der Waals surface area (Å²) >= 11 is 12.9. The minimum absolute atomic E-state index is 0.0204. The maximum Gasteiger partial charge on any atom is 0.228 e. The summed E-state index contributed by atoms with van der Waals surface area (Å²) in [6.45, 7) is 1.86. The molecule has 1 unspecified atom stereocenters. The van der Waals surface area contributed by atoms with E-state index in [1.165, 1.54) is 17.9 Å². The maximum absolute atomic E-state index is 12.0. The number of anilines is 2. The van der Waals surface area contributed by atoms with Crippen molar-refractivity contribution in [2.45, 2.75) is 18.6 Å². The van der Waals surface area contributed by atoms with Crippen LogP contribution in [0.4, 0.5) is 11.4 Å². The summed E-state index contributed by atoms with van der Waals surface area (Å²) in [5, 5.41) is 0.156. The number of aromatic nitrogens is 1. The van der Waals surface area contributed by atoms with Gasteiger partial charge in [-0.25, -0.2) is 4.98 Å². The molecule has 0 bridgehead atoms. The van der Waals surface area contributed by atoms with E-state index in [-0.39, 0.29) is 33.0 Å². The zero-order valence-corrected chi connectivity index (χ0v) is 12.3. The van der Waals surface area contributed by atoms with Crippen LogP contribution in [0.25, 0.3) is 0 Å². The second-order valence-electron chi connectivity index (χ2n) is 4.11. The van der Waals surface area contributed by atoms with Crippen LogP contribution in [0.2, 0.25) is 10.3 Å². The summed E-state index contributed by atoms with van der Waals surface area (Å²) in [6.07, 6.45) is 0.280. The van der Waals surface area contributed by atoms with Gasteiger partial charge >= 0.3 is 0 Å². The van der Waals surface area contributed by atoms with Gasteiger partial charge in [-0.05, 0) is 0 Å². The Kier molecular flexibility index (Phi) is 4.23. The van der Waals surface area contributed by atoms with E-state index in [2.05, 4.69) is 4.98 Å². The average Bonchev–Trinajstić information content (AvgIpc) is 2.57. The van der Waals surface area contributed by atoms with Gasteiger partial charge in [0.1, 0.15) is 10.8 Å². The Morgan fingerprint density at radius 1 is 1.58 bits per heavy atom. The Hall–Kier alpha value is -0.980. The van der Waals surface area contributed by atoms with Crippen molar-refractivity contribution in [1.29, 1.82) is 0 Å². The van der Waals surface area contributed by atoms with Gasteiger partial charge in [-0.1, -0.05) is 35.0 Å². The second-order valence-corrected chi connectivity index (χ2v) is 6.34. The monoisotopic (exact) mass is 319 g/mol. The van der Waals surface area contributed by atoms with E-state index in [9.17, 15) is 9.59 Å². The van der Waals surface area contributed by atoms with Crippen molar-refractivity contribution in [2.24, 2.45) is 0 Å². The molecule has 102 valence electrons. The van der Waals surface area contributed by atoms with Crippen LogP contribution in [0.5, 0.6) is 0 Å². The molecule has 1 atom stereocenters. The zero-order valence-electron chi connectivity index (χ0n) is 10.0. The number of hydrogen-bond acceptors (Lipinski definition) is 5. The molecular formula is C11H11Cl2N3O2S. The molecule has 0 saturated carbocycles. The second kappa shape index (κ2) is 5.56. The van der Waals surface area contributed by atoms with Crippen molar-refractivity contribution >= 4 is 57.4 Å². The molecule has 0 aromatic carbocycles. The number of rotatable bonds is 2. The first-order valence-corrected chi connectivity index (χ1v) is 7.11. The highest BCUT2D eigenvalue weighted by atomic mass is 35.5. The minimum atomic E-state index is -0.128. The topological polar surface area (TPSA) is 76.3 Å². The summed E-state index contributed by atoms with van der Waals surface area (Å²) in [4.78, 5) is 28.4. The van der Waals surface area contributed by atoms with Gasteiger partial charge in [-0.3, -0.25) is 9.59 Å². The van der Waals surface area contributed by atoms with Crippen LogP contribution in [-0.4, -0.2) is 27.8 Å². The van der Waals surface area contributed by atoms with Crippen LogP contribution >= 0.6 is 35.0 Å². The lowest BCUT2D eigenvalue weighted by Gasteiger charge is -2.19. The summed E-state index contributed by atoms with van der Waals surface area (Å²) in [5.74, 6) is -0.128. The van der Waals surface area contributed by atoms with Gasteiger partial charge in [0.15, 0.2) is 10.3 Å². The van der Waals surface area contributed by atoms with E-state index in [0.717, 1.165) is 11.8 Å². The number of amides is 1. The van der Waals surface area contributed by atoms with Gasteiger partial charge in [0.05, 0.1) is 5.69 Å². The lowest BCUT2D eigenvalue weighted by Crippen LogP contribution is -2.26. The molecule has 0 aliphatic carbocycles. The smallest absolute Gasteiger partial charge is 0.228 e. The van der Waals surface area contributed by atoms with Crippen molar-refractivity contribution in [2.75, 3.05) is 17.2 Å². The molecule has 1 fully saturated rings. The fraction of sp³-hybridized carbons (Fsp3) is 0.364. The Morgan fingerprint density at radius 3 is 2.84 bits per heavy atom. The van der Waals surface area contributed by atoms with E-state index < -0.39 is 0 Å². The predicted molar refractivity (Wildman–Crippen MR) is 77.7 cm³/mol. The van der Waals surface area contributed by atoms with Crippen molar-refractivity contribution in [3.05, 3.63) is 16.4 Å². The number of nitrogens with two attached hydrogens (primary N) is 1. The third-order valence-electron chi connectivity index (χ3n) is 2.64. The van der Waals surface area contributed by atoms with Crippen molar-refractivity contribution < 1.29 is 9.59 Å². The Morgan fingerprint density at radius 2 is 2.26 bits per heavy atom. The van der Waals surface area contributed by atoms with E-state index >= 15 is 0 Å². The molecule has 2 N–H and O–H groups in total. The molecule has 5 nitrogen and oxygen atoms in total. The lowest BCUT2D eigenvalue weighted by atomic mass is 10.3. The SMILES string of the molecule is CC(=O)SC1CC(=O)N(c2c(N)cc(Cl)nc2Cl)C1. The van der Waals surface area contributed by atoms with Crippen LogP contribution in [0.1, 0.15) is 13.3 Å². The molecule has 1 saturated heterocycles. The zero-order chi connectivity index (χ0) is 14.2. The third kappa shape index (κ3) is 3.13. The number of nitrogens with zero attached hydrogens (tertiary/aromatic N) is 2. The Labute approximate surface area is 124 Å². The summed E-state index contributed by atoms with van der Waals surface area (Å²) in [7, 11) is 0. The lowest BCUT2D eigenvalue weighted by molar-refractivity contribution is -0.117. The predicted octanol–water partition coefficient (Wildman–Crippen LogP) is 2.36. The highest BCUT2D eigenvalue weighted by Gasteiger charge is 2.34. The molecule has 1 aromatic heterocycles. The largest absolute Gasteiger partial charge is 0.397 e. The summed E-state index contributed by atoms with van der Waals surface area (Å²) < 4.78 is 0. The molecule has 8 heteroatoms. The third-order valence-corrected chi connectivity index (χ3v) is 4.08. The molecule has 1 aliphatic heterocycles. The Bertz CT molecular complexity index is 530. The fourth-order valence-corrected chi connectivity index (χ4v) is 3.43. The van der Waals surface area contributed by atoms with E-state index in [4.69, 9.17) is 28.9 Å². The molecule has 1 amide bonds.